The highest BCUT2D eigenvalue weighted by Crippen LogP contribution is 2.16. The quantitative estimate of drug-likeness (QED) is 0.904. The number of para-hydroxylation sites is 1. The Balaban J connectivity index is 1.91. The second kappa shape index (κ2) is 7.31. The molecule has 1 amide bonds. The second-order valence-electron chi connectivity index (χ2n) is 4.28. The molecule has 0 unspecified atom stereocenters. The van der Waals surface area contributed by atoms with Crippen LogP contribution >= 0.6 is 0 Å². The van der Waals surface area contributed by atoms with Gasteiger partial charge in [-0.15, -0.1) is 0 Å². The van der Waals surface area contributed by atoms with Gasteiger partial charge in [-0.25, -0.2) is 4.79 Å². The van der Waals surface area contributed by atoms with E-state index in [0.29, 0.717) is 12.3 Å². The summed E-state index contributed by atoms with van der Waals surface area (Å²) in [6.07, 6.45) is -0.475. The lowest BCUT2D eigenvalue weighted by Gasteiger charge is -2.10. The summed E-state index contributed by atoms with van der Waals surface area (Å²) < 4.78 is 10.3. The van der Waals surface area contributed by atoms with Crippen molar-refractivity contribution < 1.29 is 14.3 Å². The van der Waals surface area contributed by atoms with Crippen LogP contribution in [0.2, 0.25) is 0 Å². The summed E-state index contributed by atoms with van der Waals surface area (Å²) in [4.78, 5) is 11.8. The smallest absolute Gasteiger partial charge is 0.411 e. The molecule has 2 rings (SSSR count). The summed E-state index contributed by atoms with van der Waals surface area (Å²) in [5.74, 6) is 0. The SMILES string of the molecule is COCc1ccccc1NC(=O)OCc1ccccc1. The molecule has 0 aliphatic rings. The summed E-state index contributed by atoms with van der Waals surface area (Å²) in [6.45, 7) is 0.689. The number of hydrogen-bond donors (Lipinski definition) is 1. The van der Waals surface area contributed by atoms with Gasteiger partial charge in [-0.05, 0) is 11.6 Å². The van der Waals surface area contributed by atoms with Gasteiger partial charge in [0, 0.05) is 18.4 Å². The van der Waals surface area contributed by atoms with Crippen molar-refractivity contribution >= 4 is 11.8 Å². The van der Waals surface area contributed by atoms with Crippen LogP contribution in [0.3, 0.4) is 0 Å². The molecule has 4 nitrogen and oxygen atoms in total. The summed E-state index contributed by atoms with van der Waals surface area (Å²) in [6, 6.07) is 17.0. The molecule has 2 aromatic rings. The van der Waals surface area contributed by atoms with Gasteiger partial charge in [-0.1, -0.05) is 48.5 Å². The van der Waals surface area contributed by atoms with E-state index in [1.807, 2.05) is 54.6 Å². The van der Waals surface area contributed by atoms with E-state index >= 15 is 0 Å². The van der Waals surface area contributed by atoms with Crippen molar-refractivity contribution in [3.05, 3.63) is 65.7 Å². The third-order valence-corrected chi connectivity index (χ3v) is 2.77. The van der Waals surface area contributed by atoms with Gasteiger partial charge in [0.1, 0.15) is 6.61 Å². The van der Waals surface area contributed by atoms with Crippen LogP contribution in [-0.2, 0) is 22.7 Å². The number of amides is 1. The predicted octanol–water partition coefficient (Wildman–Crippen LogP) is 3.58. The Morgan fingerprint density at radius 1 is 1.00 bits per heavy atom. The zero-order chi connectivity index (χ0) is 14.2. The summed E-state index contributed by atoms with van der Waals surface area (Å²) in [5.41, 5.74) is 2.56. The molecule has 4 heteroatoms. The maximum Gasteiger partial charge on any atom is 0.411 e. The number of rotatable bonds is 5. The number of methoxy groups -OCH3 is 1. The fraction of sp³-hybridized carbons (Fsp3) is 0.188. The topological polar surface area (TPSA) is 47.6 Å². The third kappa shape index (κ3) is 4.10. The highest BCUT2D eigenvalue weighted by Gasteiger charge is 2.07. The van der Waals surface area contributed by atoms with Crippen molar-refractivity contribution in [2.45, 2.75) is 13.2 Å². The average Bonchev–Trinajstić information content (AvgIpc) is 2.49. The molecule has 0 heterocycles. The number of hydrogen-bond acceptors (Lipinski definition) is 3. The molecule has 1 N–H and O–H groups in total. The van der Waals surface area contributed by atoms with E-state index in [9.17, 15) is 4.79 Å². The predicted molar refractivity (Wildman–Crippen MR) is 77.4 cm³/mol. The van der Waals surface area contributed by atoms with Crippen molar-refractivity contribution in [1.29, 1.82) is 0 Å². The van der Waals surface area contributed by atoms with Crippen LogP contribution in [0.4, 0.5) is 10.5 Å². The number of nitrogens with one attached hydrogen (secondary N) is 1. The van der Waals surface area contributed by atoms with Crippen LogP contribution in [0.15, 0.2) is 54.6 Å². The number of anilines is 1. The zero-order valence-electron chi connectivity index (χ0n) is 11.3. The first-order valence-electron chi connectivity index (χ1n) is 6.34. The Bertz CT molecular complexity index is 555. The Morgan fingerprint density at radius 3 is 2.45 bits per heavy atom. The molecular formula is C16H17NO3. The van der Waals surface area contributed by atoms with Gasteiger partial charge in [-0.2, -0.15) is 0 Å². The van der Waals surface area contributed by atoms with Gasteiger partial charge in [0.2, 0.25) is 0 Å². The molecule has 0 fully saturated rings. The van der Waals surface area contributed by atoms with Gasteiger partial charge < -0.3 is 9.47 Å². The number of carbonyl (C=O) groups is 1. The molecule has 104 valence electrons. The molecule has 0 saturated heterocycles. The first-order valence-corrected chi connectivity index (χ1v) is 6.34. The molecule has 0 saturated carbocycles. The highest BCUT2D eigenvalue weighted by molar-refractivity contribution is 5.85. The van der Waals surface area contributed by atoms with E-state index in [1.54, 1.807) is 7.11 Å². The van der Waals surface area contributed by atoms with E-state index in [-0.39, 0.29) is 6.61 Å². The minimum absolute atomic E-state index is 0.249. The van der Waals surface area contributed by atoms with Crippen molar-refractivity contribution in [2.24, 2.45) is 0 Å². The Hall–Kier alpha value is -2.33. The van der Waals surface area contributed by atoms with E-state index in [0.717, 1.165) is 11.1 Å². The average molecular weight is 271 g/mol. The molecule has 0 atom stereocenters. The fourth-order valence-electron chi connectivity index (χ4n) is 1.79. The largest absolute Gasteiger partial charge is 0.444 e. The Kier molecular flexibility index (Phi) is 5.15. The molecule has 20 heavy (non-hydrogen) atoms. The lowest BCUT2D eigenvalue weighted by Crippen LogP contribution is -2.14. The summed E-state index contributed by atoms with van der Waals surface area (Å²) >= 11 is 0. The van der Waals surface area contributed by atoms with E-state index in [1.165, 1.54) is 0 Å². The molecule has 2 aromatic carbocycles. The number of ether oxygens (including phenoxy) is 2. The standard InChI is InChI=1S/C16H17NO3/c1-19-12-14-9-5-6-10-15(14)17-16(18)20-11-13-7-3-2-4-8-13/h2-10H,11-12H2,1H3,(H,17,18). The van der Waals surface area contributed by atoms with Crippen molar-refractivity contribution in [3.63, 3.8) is 0 Å². The molecule has 0 spiro atoms. The highest BCUT2D eigenvalue weighted by atomic mass is 16.5. The Labute approximate surface area is 118 Å². The lowest BCUT2D eigenvalue weighted by molar-refractivity contribution is 0.155. The van der Waals surface area contributed by atoms with Crippen LogP contribution in [0, 0.1) is 0 Å². The van der Waals surface area contributed by atoms with Crippen LogP contribution < -0.4 is 5.32 Å². The maximum absolute atomic E-state index is 11.8. The molecular weight excluding hydrogens is 254 g/mol. The second-order valence-corrected chi connectivity index (χ2v) is 4.28. The zero-order valence-corrected chi connectivity index (χ0v) is 11.3. The molecule has 0 aromatic heterocycles. The first-order chi connectivity index (χ1) is 9.79. The van der Waals surface area contributed by atoms with Crippen molar-refractivity contribution in [2.75, 3.05) is 12.4 Å². The summed E-state index contributed by atoms with van der Waals surface area (Å²) in [7, 11) is 1.62. The van der Waals surface area contributed by atoms with Gasteiger partial charge in [0.05, 0.1) is 6.61 Å². The van der Waals surface area contributed by atoms with E-state index in [2.05, 4.69) is 5.32 Å². The number of benzene rings is 2. The van der Waals surface area contributed by atoms with Crippen LogP contribution in [0.5, 0.6) is 0 Å². The van der Waals surface area contributed by atoms with Crippen LogP contribution in [0.1, 0.15) is 11.1 Å². The molecule has 0 radical (unpaired) electrons. The maximum atomic E-state index is 11.8. The molecule has 0 bridgehead atoms. The van der Waals surface area contributed by atoms with Gasteiger partial charge in [0.25, 0.3) is 0 Å². The van der Waals surface area contributed by atoms with E-state index < -0.39 is 6.09 Å². The normalized spacial score (nSPS) is 10.1. The lowest BCUT2D eigenvalue weighted by atomic mass is 10.2. The van der Waals surface area contributed by atoms with Crippen molar-refractivity contribution in [3.8, 4) is 0 Å². The van der Waals surface area contributed by atoms with E-state index in [4.69, 9.17) is 9.47 Å². The molecule has 0 aliphatic carbocycles. The Morgan fingerprint density at radius 2 is 1.70 bits per heavy atom. The van der Waals surface area contributed by atoms with Crippen LogP contribution in [0.25, 0.3) is 0 Å². The van der Waals surface area contributed by atoms with Gasteiger partial charge >= 0.3 is 6.09 Å². The summed E-state index contributed by atoms with van der Waals surface area (Å²) in [5, 5.41) is 2.72. The van der Waals surface area contributed by atoms with Gasteiger partial charge in [0.15, 0.2) is 0 Å². The minimum atomic E-state index is -0.475. The fourth-order valence-corrected chi connectivity index (χ4v) is 1.79. The third-order valence-electron chi connectivity index (χ3n) is 2.77. The van der Waals surface area contributed by atoms with Crippen LogP contribution in [-0.4, -0.2) is 13.2 Å². The van der Waals surface area contributed by atoms with Crippen molar-refractivity contribution in [1.82, 2.24) is 0 Å². The number of carbonyl (C=O) groups excluding carboxylic acids is 1. The molecule has 0 aliphatic heterocycles. The van der Waals surface area contributed by atoms with Gasteiger partial charge in [-0.3, -0.25) is 5.32 Å². The first kappa shape index (κ1) is 14.1. The minimum Gasteiger partial charge on any atom is -0.444 e. The monoisotopic (exact) mass is 271 g/mol.